The van der Waals surface area contributed by atoms with Gasteiger partial charge in [0, 0.05) is 17.9 Å². The van der Waals surface area contributed by atoms with Gasteiger partial charge in [-0.2, -0.15) is 0 Å². The maximum Gasteiger partial charge on any atom is 0.0701 e. The van der Waals surface area contributed by atoms with Crippen molar-refractivity contribution < 1.29 is 0 Å². The maximum absolute atomic E-state index is 3.86. The van der Waals surface area contributed by atoms with E-state index in [1.807, 2.05) is 0 Å². The van der Waals surface area contributed by atoms with E-state index in [-0.39, 0.29) is 0 Å². The number of halogens is 4. The van der Waals surface area contributed by atoms with Crippen molar-refractivity contribution in [3.8, 4) is 223 Å². The van der Waals surface area contributed by atoms with Gasteiger partial charge in [0.05, 0.1) is 5.41 Å². The molecule has 0 radical (unpaired) electrons. The second-order valence-corrected chi connectivity index (χ2v) is 41.5. The molecular weight excluding hydrogens is 2060 g/mol. The molecule has 0 aliphatic heterocycles. The molecule has 4 heteroatoms. The van der Waals surface area contributed by atoms with E-state index in [0.717, 1.165) is 263 Å². The Hall–Kier alpha value is -16.8. The molecule has 0 saturated heterocycles. The third-order valence-corrected chi connectivity index (χ3v) is 31.3. The van der Waals surface area contributed by atoms with Crippen LogP contribution in [0.25, 0.3) is 223 Å². The van der Waals surface area contributed by atoms with Gasteiger partial charge in [0.2, 0.25) is 0 Å². The largest absolute Gasteiger partial charge is 0.0701 e. The van der Waals surface area contributed by atoms with Gasteiger partial charge < -0.3 is 0 Å². The van der Waals surface area contributed by atoms with Crippen LogP contribution in [-0.4, -0.2) is 0 Å². The van der Waals surface area contributed by atoms with Crippen LogP contribution < -0.4 is 0 Å². The highest BCUT2D eigenvalue weighted by molar-refractivity contribution is 9.11. The molecule has 704 valence electrons. The minimum atomic E-state index is -1.12. The summed E-state index contributed by atoms with van der Waals surface area (Å²) in [6.07, 6.45) is 0. The Morgan fingerprint density at radius 2 is 0.195 bits per heavy atom. The Kier molecular flexibility index (Phi) is 26.8. The van der Waals surface area contributed by atoms with E-state index >= 15 is 0 Å². The number of rotatable bonds is 24. The van der Waals surface area contributed by atoms with Crippen molar-refractivity contribution in [1.29, 1.82) is 0 Å². The number of hydrogen-bond donors (Lipinski definition) is 0. The minimum Gasteiger partial charge on any atom is -0.0622 e. The summed E-state index contributed by atoms with van der Waals surface area (Å²) in [5.41, 5.74) is 47.9. The smallest absolute Gasteiger partial charge is 0.0622 e. The predicted molar refractivity (Wildman–Crippen MR) is 644 cm³/mol. The summed E-state index contributed by atoms with van der Waals surface area (Å²) in [5, 5.41) is 0. The van der Waals surface area contributed by atoms with Crippen LogP contribution in [0.1, 0.15) is 22.3 Å². The fourth-order valence-corrected chi connectivity index (χ4v) is 23.5. The van der Waals surface area contributed by atoms with Crippen molar-refractivity contribution in [3.63, 3.8) is 0 Å². The molecule has 0 aliphatic rings. The molecule has 24 rings (SSSR count). The zero-order chi connectivity index (χ0) is 100. The second kappa shape index (κ2) is 42.3. The van der Waals surface area contributed by atoms with Gasteiger partial charge in [0.15, 0.2) is 0 Å². The quantitative estimate of drug-likeness (QED) is 0.0529. The number of hydrogen-bond acceptors (Lipinski definition) is 0. The van der Waals surface area contributed by atoms with E-state index in [9.17, 15) is 0 Å². The average molecular weight is 2160 g/mol. The molecule has 0 spiro atoms. The van der Waals surface area contributed by atoms with Crippen LogP contribution >= 0.6 is 63.7 Å². The van der Waals surface area contributed by atoms with Crippen LogP contribution in [0.5, 0.6) is 0 Å². The van der Waals surface area contributed by atoms with E-state index in [2.05, 4.69) is 646 Å². The molecule has 0 aromatic heterocycles. The molecule has 0 bridgehead atoms. The average Bonchev–Trinajstić information content (AvgIpc) is 0.718. The third-order valence-electron chi connectivity index (χ3n) is 29.2. The Balaban J connectivity index is 0.820. The van der Waals surface area contributed by atoms with E-state index in [4.69, 9.17) is 0 Å². The summed E-state index contributed by atoms with van der Waals surface area (Å²) in [7, 11) is 0. The zero-order valence-corrected chi connectivity index (χ0v) is 87.8. The first-order valence-corrected chi connectivity index (χ1v) is 53.7. The van der Waals surface area contributed by atoms with Crippen LogP contribution in [0.2, 0.25) is 0 Å². The fourth-order valence-electron chi connectivity index (χ4n) is 22.5. The highest BCUT2D eigenvalue weighted by atomic mass is 79.9. The third kappa shape index (κ3) is 18.6. The lowest BCUT2D eigenvalue weighted by Crippen LogP contribution is -2.31. The normalized spacial score (nSPS) is 11.4. The van der Waals surface area contributed by atoms with E-state index < -0.39 is 5.41 Å². The van der Waals surface area contributed by atoms with Crippen LogP contribution in [0, 0.1) is 0 Å². The fraction of sp³-hybridized carbons (Fsp3) is 0.00690. The van der Waals surface area contributed by atoms with Gasteiger partial charge in [-0.15, -0.1) is 0 Å². The van der Waals surface area contributed by atoms with Crippen molar-refractivity contribution in [3.05, 3.63) is 623 Å². The maximum atomic E-state index is 3.86. The molecule has 24 aromatic rings. The molecule has 0 atom stereocenters. The lowest BCUT2D eigenvalue weighted by Gasteiger charge is -2.37. The SMILES string of the molecule is Brc1ccc(-c2c(-c3ccccc3)cc(-c3ccc(C(c4ccc(-c5cc(-c6ccccc6)c(-c6ccc(Br)cc6)c(-c6ccccc6)c5-c5ccccc5)cc4)(c4ccc(-c5cc(-c6ccccc6)c(-c6ccc(Br)cc6)c(-c6ccccc6)c5-c5ccccc5)cc4)c4ccc(-c5cc(-c6ccccc6)c(-c6ccc(Br)cc6)c(-c6ccccc6)c5-c5ccccc5)cc4)cc3)c(-c3ccccc3)c2-c2ccccc2)cc1. The molecule has 0 amide bonds. The van der Waals surface area contributed by atoms with Crippen molar-refractivity contribution in [2.75, 3.05) is 0 Å². The molecule has 24 aromatic carbocycles. The van der Waals surface area contributed by atoms with Gasteiger partial charge in [0.1, 0.15) is 0 Å². The summed E-state index contributed by atoms with van der Waals surface area (Å²) in [4.78, 5) is 0. The van der Waals surface area contributed by atoms with Gasteiger partial charge in [-0.25, -0.2) is 0 Å². The molecule has 149 heavy (non-hydrogen) atoms. The van der Waals surface area contributed by atoms with E-state index in [1.165, 1.54) is 0 Å². The second-order valence-electron chi connectivity index (χ2n) is 37.9. The lowest BCUT2D eigenvalue weighted by molar-refractivity contribution is 0.745. The van der Waals surface area contributed by atoms with Crippen molar-refractivity contribution in [1.82, 2.24) is 0 Å². The summed E-state index contributed by atoms with van der Waals surface area (Å²) in [5.74, 6) is 0. The standard InChI is InChI=1S/C145H96Br4/c146-121-85-69-113(70-86-121)137-125(97-37-13-1-14-38-97)93-129(133(105-45-21-5-22-46-105)141(137)109-53-29-9-30-54-109)101-61-77-117(78-62-101)145(118-79-63-102(64-80-118)130-94-126(98-39-15-2-16-40-98)138(114-71-87-122(147)88-72-114)142(110-55-31-10-32-56-110)134(130)106-47-23-6-24-48-106,119-81-65-103(66-82-119)131-95-127(99-41-17-3-18-42-99)139(115-73-89-123(148)90-74-115)143(111-57-33-11-34-58-111)135(131)107-49-25-7-26-50-107)120-83-67-104(68-84-120)132-96-128(100-43-19-4-20-44-100)140(116-75-91-124(149)92-76-116)144(112-59-35-12-36-60-112)136(132)108-51-27-8-28-52-108/h1-96H. The van der Waals surface area contributed by atoms with Gasteiger partial charge in [-0.1, -0.05) is 573 Å². The monoisotopic (exact) mass is 2150 g/mol. The minimum absolute atomic E-state index is 1.02. The molecule has 0 saturated carbocycles. The van der Waals surface area contributed by atoms with Gasteiger partial charge in [0.25, 0.3) is 0 Å². The van der Waals surface area contributed by atoms with E-state index in [1.54, 1.807) is 0 Å². The molecule has 0 aliphatic carbocycles. The Bertz CT molecular complexity index is 7820. The lowest BCUT2D eigenvalue weighted by atomic mass is 9.64. The molecule has 0 unspecified atom stereocenters. The molecular formula is C145H96Br4. The van der Waals surface area contributed by atoms with Crippen molar-refractivity contribution in [2.45, 2.75) is 5.41 Å². The molecule has 0 heterocycles. The Labute approximate surface area is 906 Å². The molecule has 0 nitrogen and oxygen atoms in total. The first-order valence-electron chi connectivity index (χ1n) is 50.6. The number of benzene rings is 24. The van der Waals surface area contributed by atoms with Gasteiger partial charge in [-0.3, -0.25) is 0 Å². The van der Waals surface area contributed by atoms with Crippen LogP contribution in [0.15, 0.2) is 600 Å². The van der Waals surface area contributed by atoms with Crippen LogP contribution in [0.4, 0.5) is 0 Å². The highest BCUT2D eigenvalue weighted by Gasteiger charge is 2.41. The van der Waals surface area contributed by atoms with Gasteiger partial charge in [-0.05, 0) is 318 Å². The van der Waals surface area contributed by atoms with Crippen molar-refractivity contribution in [2.24, 2.45) is 0 Å². The summed E-state index contributed by atoms with van der Waals surface area (Å²) in [6.45, 7) is 0. The first-order chi connectivity index (χ1) is 73.6. The predicted octanol–water partition coefficient (Wildman–Crippen LogP) is 42.5. The molecule has 0 N–H and O–H groups in total. The van der Waals surface area contributed by atoms with Crippen LogP contribution in [0.3, 0.4) is 0 Å². The van der Waals surface area contributed by atoms with Crippen molar-refractivity contribution >= 4 is 63.7 Å². The highest BCUT2D eigenvalue weighted by Crippen LogP contribution is 2.59. The van der Waals surface area contributed by atoms with Gasteiger partial charge >= 0.3 is 0 Å². The Morgan fingerprint density at radius 1 is 0.0940 bits per heavy atom. The zero-order valence-electron chi connectivity index (χ0n) is 81.4. The summed E-state index contributed by atoms with van der Waals surface area (Å²) in [6, 6.07) is 217. The first kappa shape index (κ1) is 94.5. The summed E-state index contributed by atoms with van der Waals surface area (Å²) < 4.78 is 4.06. The summed E-state index contributed by atoms with van der Waals surface area (Å²) >= 11 is 15.4. The topological polar surface area (TPSA) is 0 Å². The molecule has 0 fully saturated rings. The van der Waals surface area contributed by atoms with Crippen LogP contribution in [-0.2, 0) is 5.41 Å². The van der Waals surface area contributed by atoms with E-state index in [0.29, 0.717) is 0 Å². The Morgan fingerprint density at radius 3 is 0.329 bits per heavy atom.